The third-order valence-corrected chi connectivity index (χ3v) is 3.31. The number of methoxy groups -OCH3 is 1. The Hall–Kier alpha value is -2.31. The number of nitriles is 1. The summed E-state index contributed by atoms with van der Waals surface area (Å²) in [7, 11) is 1.51. The molecule has 0 saturated heterocycles. The summed E-state index contributed by atoms with van der Waals surface area (Å²) in [6.45, 7) is 0. The molecule has 1 unspecified atom stereocenters. The third-order valence-electron chi connectivity index (χ3n) is 2.98. The zero-order chi connectivity index (χ0) is 14.5. The van der Waals surface area contributed by atoms with Crippen molar-refractivity contribution in [2.24, 2.45) is 0 Å². The monoisotopic (exact) mass is 285 g/mol. The summed E-state index contributed by atoms with van der Waals surface area (Å²) in [5.41, 5.74) is 0.883. The number of hydrogen-bond acceptors (Lipinski definition) is 3. The summed E-state index contributed by atoms with van der Waals surface area (Å²) in [6, 6.07) is 15.7. The van der Waals surface area contributed by atoms with Crippen LogP contribution in [0.4, 0.5) is 0 Å². The van der Waals surface area contributed by atoms with E-state index in [2.05, 4.69) is 0 Å². The smallest absolute Gasteiger partial charge is 0.186 e. The van der Waals surface area contributed by atoms with E-state index in [4.69, 9.17) is 16.3 Å². The van der Waals surface area contributed by atoms with Crippen molar-refractivity contribution < 1.29 is 9.53 Å². The minimum Gasteiger partial charge on any atom is -0.496 e. The quantitative estimate of drug-likeness (QED) is 0.802. The average molecular weight is 286 g/mol. The van der Waals surface area contributed by atoms with Crippen LogP contribution in [-0.2, 0) is 0 Å². The number of nitrogens with zero attached hydrogens (tertiary/aromatic N) is 1. The molecule has 4 heteroatoms. The van der Waals surface area contributed by atoms with Gasteiger partial charge in [-0.25, -0.2) is 0 Å². The number of ketones is 1. The van der Waals surface area contributed by atoms with Gasteiger partial charge in [-0.2, -0.15) is 5.26 Å². The molecule has 0 spiro atoms. The lowest BCUT2D eigenvalue weighted by Gasteiger charge is -2.13. The van der Waals surface area contributed by atoms with E-state index >= 15 is 0 Å². The summed E-state index contributed by atoms with van der Waals surface area (Å²) in [6.07, 6.45) is 0. The molecule has 0 bridgehead atoms. The SMILES string of the molecule is COc1ccccc1C(C#N)C(=O)c1ccccc1Cl. The first kappa shape index (κ1) is 14.1. The Kier molecular flexibility index (Phi) is 4.39. The van der Waals surface area contributed by atoms with Crippen LogP contribution in [0.15, 0.2) is 48.5 Å². The van der Waals surface area contributed by atoms with Crippen molar-refractivity contribution in [1.29, 1.82) is 5.26 Å². The standard InChI is InChI=1S/C16H12ClNO2/c1-20-15-9-5-3-6-11(15)13(10-18)16(19)12-7-2-4-8-14(12)17/h2-9,13H,1H3. The predicted octanol–water partition coefficient (Wildman–Crippen LogP) is 3.84. The molecule has 20 heavy (non-hydrogen) atoms. The van der Waals surface area contributed by atoms with Crippen LogP contribution in [0, 0.1) is 11.3 Å². The highest BCUT2D eigenvalue weighted by Gasteiger charge is 2.25. The first-order chi connectivity index (χ1) is 9.69. The van der Waals surface area contributed by atoms with Crippen LogP contribution in [0.5, 0.6) is 5.75 Å². The molecular weight excluding hydrogens is 274 g/mol. The maximum Gasteiger partial charge on any atom is 0.186 e. The van der Waals surface area contributed by atoms with Gasteiger partial charge in [-0.1, -0.05) is 41.9 Å². The number of halogens is 1. The summed E-state index contributed by atoms with van der Waals surface area (Å²) in [4.78, 5) is 12.5. The first-order valence-corrected chi connectivity index (χ1v) is 6.38. The van der Waals surface area contributed by atoms with E-state index in [1.54, 1.807) is 48.5 Å². The molecule has 1 atom stereocenters. The van der Waals surface area contributed by atoms with E-state index < -0.39 is 5.92 Å². The van der Waals surface area contributed by atoms with Crippen molar-refractivity contribution in [2.45, 2.75) is 5.92 Å². The highest BCUT2D eigenvalue weighted by molar-refractivity contribution is 6.34. The molecule has 2 rings (SSSR count). The molecule has 0 aliphatic carbocycles. The van der Waals surface area contributed by atoms with Gasteiger partial charge in [0.15, 0.2) is 5.78 Å². The number of benzene rings is 2. The highest BCUT2D eigenvalue weighted by atomic mass is 35.5. The molecule has 0 aliphatic rings. The largest absolute Gasteiger partial charge is 0.496 e. The van der Waals surface area contributed by atoms with Crippen molar-refractivity contribution in [3.8, 4) is 11.8 Å². The number of ether oxygens (including phenoxy) is 1. The van der Waals surface area contributed by atoms with Gasteiger partial charge in [0.05, 0.1) is 18.2 Å². The molecule has 0 amide bonds. The molecule has 100 valence electrons. The second-order valence-electron chi connectivity index (χ2n) is 4.15. The Morgan fingerprint density at radius 2 is 1.85 bits per heavy atom. The van der Waals surface area contributed by atoms with Crippen LogP contribution < -0.4 is 4.74 Å². The Balaban J connectivity index is 2.46. The molecule has 2 aromatic carbocycles. The minimum absolute atomic E-state index is 0.331. The molecule has 3 nitrogen and oxygen atoms in total. The summed E-state index contributed by atoms with van der Waals surface area (Å²) >= 11 is 6.02. The molecule has 0 saturated carbocycles. The Morgan fingerprint density at radius 1 is 1.20 bits per heavy atom. The topological polar surface area (TPSA) is 50.1 Å². The Bertz CT molecular complexity index is 676. The van der Waals surface area contributed by atoms with E-state index in [-0.39, 0.29) is 5.78 Å². The van der Waals surface area contributed by atoms with Crippen LogP contribution in [-0.4, -0.2) is 12.9 Å². The first-order valence-electron chi connectivity index (χ1n) is 6.00. The fourth-order valence-corrected chi connectivity index (χ4v) is 2.22. The van der Waals surface area contributed by atoms with Gasteiger partial charge in [0.2, 0.25) is 0 Å². The van der Waals surface area contributed by atoms with E-state index in [0.29, 0.717) is 21.9 Å². The fourth-order valence-electron chi connectivity index (χ4n) is 1.99. The van der Waals surface area contributed by atoms with E-state index in [1.807, 2.05) is 6.07 Å². The van der Waals surface area contributed by atoms with E-state index in [0.717, 1.165) is 0 Å². The van der Waals surface area contributed by atoms with Gasteiger partial charge in [-0.05, 0) is 18.2 Å². The second kappa shape index (κ2) is 6.23. The van der Waals surface area contributed by atoms with Crippen LogP contribution in [0.2, 0.25) is 5.02 Å². The fraction of sp³-hybridized carbons (Fsp3) is 0.125. The zero-order valence-corrected chi connectivity index (χ0v) is 11.6. The molecule has 2 aromatic rings. The molecule has 0 aromatic heterocycles. The molecule has 0 radical (unpaired) electrons. The number of Topliss-reactive ketones (excluding diaryl/α,β-unsaturated/α-hetero) is 1. The molecule has 0 N–H and O–H groups in total. The van der Waals surface area contributed by atoms with E-state index in [9.17, 15) is 10.1 Å². The van der Waals surface area contributed by atoms with Gasteiger partial charge in [0, 0.05) is 11.1 Å². The lowest BCUT2D eigenvalue weighted by molar-refractivity contribution is 0.0978. The Labute approximate surface area is 122 Å². The summed E-state index contributed by atoms with van der Waals surface area (Å²) in [5.74, 6) is -0.756. The molecular formula is C16H12ClNO2. The zero-order valence-electron chi connectivity index (χ0n) is 10.8. The van der Waals surface area contributed by atoms with Crippen molar-refractivity contribution >= 4 is 17.4 Å². The normalized spacial score (nSPS) is 11.4. The van der Waals surface area contributed by atoms with Crippen LogP contribution in [0.1, 0.15) is 21.8 Å². The van der Waals surface area contributed by atoms with Crippen LogP contribution >= 0.6 is 11.6 Å². The number of para-hydroxylation sites is 1. The maximum absolute atomic E-state index is 12.5. The van der Waals surface area contributed by atoms with Crippen molar-refractivity contribution in [3.63, 3.8) is 0 Å². The van der Waals surface area contributed by atoms with Crippen molar-refractivity contribution in [2.75, 3.05) is 7.11 Å². The van der Waals surface area contributed by atoms with E-state index in [1.165, 1.54) is 7.11 Å². The summed E-state index contributed by atoms with van der Waals surface area (Å²) < 4.78 is 5.21. The van der Waals surface area contributed by atoms with Crippen LogP contribution in [0.25, 0.3) is 0 Å². The van der Waals surface area contributed by atoms with Gasteiger partial charge < -0.3 is 4.74 Å². The van der Waals surface area contributed by atoms with Crippen molar-refractivity contribution in [1.82, 2.24) is 0 Å². The van der Waals surface area contributed by atoms with Gasteiger partial charge in [-0.3, -0.25) is 4.79 Å². The second-order valence-corrected chi connectivity index (χ2v) is 4.56. The van der Waals surface area contributed by atoms with Crippen LogP contribution in [0.3, 0.4) is 0 Å². The number of carbonyl (C=O) groups is 1. The maximum atomic E-state index is 12.5. The number of hydrogen-bond donors (Lipinski definition) is 0. The number of rotatable bonds is 4. The lowest BCUT2D eigenvalue weighted by Crippen LogP contribution is -2.12. The lowest BCUT2D eigenvalue weighted by atomic mass is 9.91. The Morgan fingerprint density at radius 3 is 2.50 bits per heavy atom. The average Bonchev–Trinajstić information content (AvgIpc) is 2.49. The van der Waals surface area contributed by atoms with Gasteiger partial charge in [-0.15, -0.1) is 0 Å². The van der Waals surface area contributed by atoms with Gasteiger partial charge >= 0.3 is 0 Å². The molecule has 0 heterocycles. The predicted molar refractivity (Wildman–Crippen MR) is 77.1 cm³/mol. The summed E-state index contributed by atoms with van der Waals surface area (Å²) in [5, 5.41) is 9.69. The molecule has 0 fully saturated rings. The highest BCUT2D eigenvalue weighted by Crippen LogP contribution is 2.30. The minimum atomic E-state index is -0.939. The van der Waals surface area contributed by atoms with Crippen molar-refractivity contribution in [3.05, 3.63) is 64.7 Å². The number of carbonyl (C=O) groups excluding carboxylic acids is 1. The van der Waals surface area contributed by atoms with Gasteiger partial charge in [0.1, 0.15) is 11.7 Å². The molecule has 0 aliphatic heterocycles. The third kappa shape index (κ3) is 2.66. The van der Waals surface area contributed by atoms with Gasteiger partial charge in [0.25, 0.3) is 0 Å².